The van der Waals surface area contributed by atoms with Gasteiger partial charge in [0.2, 0.25) is 11.9 Å². The molecule has 2 aromatic rings. The number of carbonyl (C=O) groups is 1. The lowest BCUT2D eigenvalue weighted by Crippen LogP contribution is -2.35. The summed E-state index contributed by atoms with van der Waals surface area (Å²) in [5.41, 5.74) is -0.00324. The van der Waals surface area contributed by atoms with Crippen LogP contribution in [0.3, 0.4) is 0 Å². The van der Waals surface area contributed by atoms with E-state index in [4.69, 9.17) is 4.74 Å². The normalized spacial score (nSPS) is 19.0. The van der Waals surface area contributed by atoms with Crippen LogP contribution >= 0.6 is 0 Å². The number of alkyl halides is 3. The second-order valence-electron chi connectivity index (χ2n) is 6.78. The van der Waals surface area contributed by atoms with E-state index in [0.29, 0.717) is 25.1 Å². The first-order valence-corrected chi connectivity index (χ1v) is 9.19. The van der Waals surface area contributed by atoms with Gasteiger partial charge in [-0.25, -0.2) is 14.4 Å². The minimum atomic E-state index is -4.37. The summed E-state index contributed by atoms with van der Waals surface area (Å²) in [6, 6.07) is 4.55. The molecule has 6 nitrogen and oxygen atoms in total. The molecule has 1 saturated heterocycles. The molecule has 160 valence electrons. The van der Waals surface area contributed by atoms with Crippen molar-refractivity contribution in [3.63, 3.8) is 0 Å². The van der Waals surface area contributed by atoms with Crippen LogP contribution < -0.4 is 5.32 Å². The standard InChI is InChI=1S/C20H20F4N4O2/c1-2-18(29)28-11-16(27-19-25-9-15(21)10-26-19)17(12-28)30-8-7-13-3-5-14(6-4-13)20(22,23)24/h2-6,9-10,16-17H,1,7-8,11-12H2,(H,25,26,27)/t16-,17?/m0/s1. The highest BCUT2D eigenvalue weighted by molar-refractivity contribution is 5.87. The first-order valence-electron chi connectivity index (χ1n) is 9.19. The van der Waals surface area contributed by atoms with Crippen molar-refractivity contribution in [1.29, 1.82) is 0 Å². The molecule has 2 heterocycles. The van der Waals surface area contributed by atoms with Gasteiger partial charge < -0.3 is 15.0 Å². The molecule has 1 aliphatic rings. The van der Waals surface area contributed by atoms with E-state index in [-0.39, 0.29) is 24.5 Å². The van der Waals surface area contributed by atoms with E-state index in [1.54, 1.807) is 4.90 Å². The molecular weight excluding hydrogens is 404 g/mol. The van der Waals surface area contributed by atoms with Gasteiger partial charge in [-0.1, -0.05) is 18.7 Å². The number of hydrogen-bond donors (Lipinski definition) is 1. The van der Waals surface area contributed by atoms with Gasteiger partial charge in [-0.15, -0.1) is 0 Å². The molecule has 10 heteroatoms. The highest BCUT2D eigenvalue weighted by Crippen LogP contribution is 2.29. The van der Waals surface area contributed by atoms with Gasteiger partial charge in [0, 0.05) is 13.1 Å². The second-order valence-corrected chi connectivity index (χ2v) is 6.78. The Morgan fingerprint density at radius 2 is 1.90 bits per heavy atom. The van der Waals surface area contributed by atoms with Crippen LogP contribution in [0.4, 0.5) is 23.5 Å². The van der Waals surface area contributed by atoms with E-state index in [1.165, 1.54) is 18.2 Å². The number of amides is 1. The van der Waals surface area contributed by atoms with E-state index >= 15 is 0 Å². The maximum absolute atomic E-state index is 13.0. The van der Waals surface area contributed by atoms with Gasteiger partial charge in [-0.3, -0.25) is 4.79 Å². The predicted octanol–water partition coefficient (Wildman–Crippen LogP) is 3.07. The Kier molecular flexibility index (Phi) is 6.66. The smallest absolute Gasteiger partial charge is 0.374 e. The van der Waals surface area contributed by atoms with Crippen LogP contribution in [0.25, 0.3) is 0 Å². The minimum absolute atomic E-state index is 0.200. The molecule has 3 rings (SSSR count). The number of rotatable bonds is 7. The average molecular weight is 424 g/mol. The van der Waals surface area contributed by atoms with E-state index in [0.717, 1.165) is 24.5 Å². The van der Waals surface area contributed by atoms with Gasteiger partial charge in [0.05, 0.1) is 36.7 Å². The molecule has 1 fully saturated rings. The lowest BCUT2D eigenvalue weighted by atomic mass is 10.1. The van der Waals surface area contributed by atoms with Gasteiger partial charge in [0.1, 0.15) is 0 Å². The monoisotopic (exact) mass is 424 g/mol. The molecule has 1 aromatic heterocycles. The predicted molar refractivity (Wildman–Crippen MR) is 101 cm³/mol. The summed E-state index contributed by atoms with van der Waals surface area (Å²) in [6.07, 6.45) is -1.12. The van der Waals surface area contributed by atoms with E-state index in [9.17, 15) is 22.4 Å². The summed E-state index contributed by atoms with van der Waals surface area (Å²) in [6.45, 7) is 4.34. The molecule has 1 amide bonds. The largest absolute Gasteiger partial charge is 0.416 e. The van der Waals surface area contributed by atoms with E-state index in [1.807, 2.05) is 0 Å². The van der Waals surface area contributed by atoms with Gasteiger partial charge in [-0.05, 0) is 30.2 Å². The number of anilines is 1. The lowest BCUT2D eigenvalue weighted by molar-refractivity contribution is -0.137. The summed E-state index contributed by atoms with van der Waals surface area (Å²) in [5.74, 6) is -0.624. The first-order chi connectivity index (χ1) is 14.3. The molecule has 0 radical (unpaired) electrons. The third-order valence-corrected chi connectivity index (χ3v) is 4.69. The Labute approximate surface area is 170 Å². The van der Waals surface area contributed by atoms with Crippen LogP contribution in [0.1, 0.15) is 11.1 Å². The number of nitrogens with one attached hydrogen (secondary N) is 1. The summed E-state index contributed by atoms with van der Waals surface area (Å²) >= 11 is 0. The molecule has 0 spiro atoms. The van der Waals surface area contributed by atoms with E-state index in [2.05, 4.69) is 21.9 Å². The Balaban J connectivity index is 1.60. The Morgan fingerprint density at radius 1 is 1.23 bits per heavy atom. The number of aromatic nitrogens is 2. The SMILES string of the molecule is C=CC(=O)N1CC(OCCc2ccc(C(F)(F)F)cc2)[C@@H](Nc2ncc(F)cn2)C1. The zero-order chi connectivity index (χ0) is 21.7. The van der Waals surface area contributed by atoms with E-state index < -0.39 is 23.7 Å². The first kappa shape index (κ1) is 21.7. The second kappa shape index (κ2) is 9.21. The fraction of sp³-hybridized carbons (Fsp3) is 0.350. The highest BCUT2D eigenvalue weighted by atomic mass is 19.4. The van der Waals surface area contributed by atoms with Gasteiger partial charge >= 0.3 is 6.18 Å². The Bertz CT molecular complexity index is 872. The summed E-state index contributed by atoms with van der Waals surface area (Å²) < 4.78 is 56.8. The summed E-state index contributed by atoms with van der Waals surface area (Å²) in [4.78, 5) is 21.2. The number of carbonyl (C=O) groups excluding carboxylic acids is 1. The Hall–Kier alpha value is -3.01. The molecular formula is C20H20F4N4O2. The summed E-state index contributed by atoms with van der Waals surface area (Å²) in [5, 5.41) is 3.03. The molecule has 0 aliphatic carbocycles. The van der Waals surface area contributed by atoms with Crippen molar-refractivity contribution in [2.24, 2.45) is 0 Å². The van der Waals surface area contributed by atoms with Gasteiger partial charge in [0.15, 0.2) is 5.82 Å². The van der Waals surface area contributed by atoms with Gasteiger partial charge in [-0.2, -0.15) is 13.2 Å². The molecule has 0 bridgehead atoms. The van der Waals surface area contributed by atoms with Crippen LogP contribution in [-0.4, -0.2) is 52.6 Å². The molecule has 0 saturated carbocycles. The molecule has 1 aromatic carbocycles. The van der Waals surface area contributed by atoms with Crippen LogP contribution in [0.2, 0.25) is 0 Å². The van der Waals surface area contributed by atoms with Crippen molar-refractivity contribution >= 4 is 11.9 Å². The maximum atomic E-state index is 13.0. The van der Waals surface area contributed by atoms with Crippen LogP contribution in [-0.2, 0) is 22.1 Å². The molecule has 1 unspecified atom stereocenters. The number of halogens is 4. The van der Waals surface area contributed by atoms with Crippen LogP contribution in [0, 0.1) is 5.82 Å². The minimum Gasteiger partial charge on any atom is -0.374 e. The molecule has 1 N–H and O–H groups in total. The number of ether oxygens (including phenoxy) is 1. The highest BCUT2D eigenvalue weighted by Gasteiger charge is 2.35. The van der Waals surface area contributed by atoms with Crippen molar-refractivity contribution in [3.8, 4) is 0 Å². The van der Waals surface area contributed by atoms with Gasteiger partial charge in [0.25, 0.3) is 0 Å². The number of likely N-dealkylation sites (tertiary alicyclic amines) is 1. The molecule has 1 aliphatic heterocycles. The topological polar surface area (TPSA) is 67.3 Å². The van der Waals surface area contributed by atoms with Crippen molar-refractivity contribution in [3.05, 3.63) is 66.3 Å². The zero-order valence-electron chi connectivity index (χ0n) is 15.9. The van der Waals surface area contributed by atoms with Crippen LogP contribution in [0.5, 0.6) is 0 Å². The maximum Gasteiger partial charge on any atom is 0.416 e. The number of benzene rings is 1. The fourth-order valence-corrected chi connectivity index (χ4v) is 3.13. The molecule has 30 heavy (non-hydrogen) atoms. The molecule has 2 atom stereocenters. The van der Waals surface area contributed by atoms with Crippen molar-refractivity contribution in [2.75, 3.05) is 25.0 Å². The van der Waals surface area contributed by atoms with Crippen molar-refractivity contribution in [2.45, 2.75) is 24.7 Å². The summed E-state index contributed by atoms with van der Waals surface area (Å²) in [7, 11) is 0. The fourth-order valence-electron chi connectivity index (χ4n) is 3.13. The van der Waals surface area contributed by atoms with Crippen molar-refractivity contribution in [1.82, 2.24) is 14.9 Å². The number of hydrogen-bond acceptors (Lipinski definition) is 5. The van der Waals surface area contributed by atoms with Crippen molar-refractivity contribution < 1.29 is 27.1 Å². The lowest BCUT2D eigenvalue weighted by Gasteiger charge is -2.20. The Morgan fingerprint density at radius 3 is 2.50 bits per heavy atom. The average Bonchev–Trinajstić information content (AvgIpc) is 3.11. The van der Waals surface area contributed by atoms with Crippen LogP contribution in [0.15, 0.2) is 49.3 Å². The zero-order valence-corrected chi connectivity index (χ0v) is 15.9. The third kappa shape index (κ3) is 5.53. The third-order valence-electron chi connectivity index (χ3n) is 4.69. The number of nitrogens with zero attached hydrogens (tertiary/aromatic N) is 3. The quantitative estimate of drug-likeness (QED) is 0.547.